The monoisotopic (exact) mass is 612 g/mol. The molecule has 0 aliphatic carbocycles. The van der Waals surface area contributed by atoms with Crippen molar-refractivity contribution in [1.82, 2.24) is 24.8 Å². The number of amides is 1. The highest BCUT2D eigenvalue weighted by atomic mass is 32.2. The predicted molar refractivity (Wildman–Crippen MR) is 156 cm³/mol. The second-order valence-corrected chi connectivity index (χ2v) is 11.7. The van der Waals surface area contributed by atoms with E-state index in [1.165, 1.54) is 46.7 Å². The second-order valence-electron chi connectivity index (χ2n) is 10.8. The molecule has 2 aliphatic heterocycles. The van der Waals surface area contributed by atoms with Gasteiger partial charge in [0.15, 0.2) is 22.9 Å². The van der Waals surface area contributed by atoms with Crippen LogP contribution in [0.5, 0.6) is 5.75 Å². The van der Waals surface area contributed by atoms with E-state index in [1.807, 2.05) is 12.3 Å². The number of hydrogen-bond acceptors (Lipinski definition) is 8. The van der Waals surface area contributed by atoms with E-state index in [-0.39, 0.29) is 30.5 Å². The highest BCUT2D eigenvalue weighted by Crippen LogP contribution is 2.38. The van der Waals surface area contributed by atoms with Crippen LogP contribution >= 0.6 is 11.8 Å². The predicted octanol–water partition coefficient (Wildman–Crippen LogP) is 4.36. The van der Waals surface area contributed by atoms with Crippen molar-refractivity contribution in [2.45, 2.75) is 36.1 Å². The average Bonchev–Trinajstić information content (AvgIpc) is 3.52. The van der Waals surface area contributed by atoms with Crippen molar-refractivity contribution in [1.29, 1.82) is 0 Å². The number of nitrogens with zero attached hydrogens (tertiary/aromatic N) is 5. The molecule has 0 saturated carbocycles. The minimum atomic E-state index is -1.12. The van der Waals surface area contributed by atoms with E-state index in [0.717, 1.165) is 10.5 Å². The maximum Gasteiger partial charge on any atom is 0.271 e. The zero-order valence-electron chi connectivity index (χ0n) is 23.4. The van der Waals surface area contributed by atoms with Crippen molar-refractivity contribution in [3.63, 3.8) is 0 Å². The molecule has 0 unspecified atom stereocenters. The van der Waals surface area contributed by atoms with E-state index in [4.69, 9.17) is 4.74 Å². The highest BCUT2D eigenvalue weighted by molar-refractivity contribution is 7.98. The van der Waals surface area contributed by atoms with Gasteiger partial charge in [-0.25, -0.2) is 22.7 Å². The second kappa shape index (κ2) is 12.4. The van der Waals surface area contributed by atoms with Crippen LogP contribution in [0.2, 0.25) is 0 Å². The van der Waals surface area contributed by atoms with E-state index >= 15 is 0 Å². The van der Waals surface area contributed by atoms with E-state index < -0.39 is 29.7 Å². The smallest absolute Gasteiger partial charge is 0.271 e. The molecule has 4 heterocycles. The van der Waals surface area contributed by atoms with Crippen LogP contribution in [-0.4, -0.2) is 81.8 Å². The normalized spacial score (nSPS) is 21.3. The number of benzene rings is 2. The number of aromatic hydroxyl groups is 1. The number of hydrogen-bond donors (Lipinski definition) is 2. The number of anilines is 1. The molecule has 2 aromatic carbocycles. The van der Waals surface area contributed by atoms with Crippen molar-refractivity contribution in [2.75, 3.05) is 44.0 Å². The molecule has 0 spiro atoms. The average molecular weight is 613 g/mol. The van der Waals surface area contributed by atoms with Crippen molar-refractivity contribution in [2.24, 2.45) is 0 Å². The van der Waals surface area contributed by atoms with Crippen LogP contribution in [-0.2, 0) is 11.3 Å². The van der Waals surface area contributed by atoms with Gasteiger partial charge in [0.05, 0.1) is 38.0 Å². The summed E-state index contributed by atoms with van der Waals surface area (Å²) in [5, 5.41) is 17.4. The van der Waals surface area contributed by atoms with Gasteiger partial charge >= 0.3 is 0 Å². The fraction of sp³-hybridized carbons (Fsp3) is 0.367. The molecule has 1 amide bonds. The largest absolute Gasteiger partial charge is 0.505 e. The maximum absolute atomic E-state index is 14.7. The van der Waals surface area contributed by atoms with Gasteiger partial charge in [0.1, 0.15) is 17.8 Å². The summed E-state index contributed by atoms with van der Waals surface area (Å²) in [6, 6.07) is 11.7. The number of alkyl halides is 1. The molecule has 43 heavy (non-hydrogen) atoms. The van der Waals surface area contributed by atoms with Gasteiger partial charge in [0.2, 0.25) is 0 Å². The van der Waals surface area contributed by atoms with Gasteiger partial charge in [-0.3, -0.25) is 9.69 Å². The van der Waals surface area contributed by atoms with Gasteiger partial charge in [-0.2, -0.15) is 0 Å². The Morgan fingerprint density at radius 1 is 1.16 bits per heavy atom. The number of rotatable bonds is 7. The fourth-order valence-corrected chi connectivity index (χ4v) is 6.18. The Bertz CT molecular complexity index is 1640. The van der Waals surface area contributed by atoms with Gasteiger partial charge in [-0.15, -0.1) is 16.9 Å². The third-order valence-corrected chi connectivity index (χ3v) is 8.45. The lowest BCUT2D eigenvalue weighted by molar-refractivity contribution is 0.0876. The van der Waals surface area contributed by atoms with Crippen molar-refractivity contribution in [3.05, 3.63) is 83.2 Å². The Hall–Kier alpha value is -3.81. The molecule has 0 radical (unpaired) electrons. The number of phenolic OH excluding ortho intramolecular Hbond substituents is 1. The Kier molecular flexibility index (Phi) is 8.46. The maximum atomic E-state index is 14.7. The summed E-state index contributed by atoms with van der Waals surface area (Å²) in [6.07, 6.45) is 2.38. The first-order chi connectivity index (χ1) is 20.8. The number of nitrogens with one attached hydrogen (secondary N) is 1. The van der Waals surface area contributed by atoms with Crippen LogP contribution in [0, 0.1) is 11.6 Å². The van der Waals surface area contributed by atoms with Gasteiger partial charge in [-0.05, 0) is 59.8 Å². The van der Waals surface area contributed by atoms with Gasteiger partial charge in [0.25, 0.3) is 5.91 Å². The number of halogens is 3. The molecular formula is C30H31F3N6O3S. The summed E-state index contributed by atoms with van der Waals surface area (Å²) >= 11 is 1.42. The zero-order valence-corrected chi connectivity index (χ0v) is 24.2. The summed E-state index contributed by atoms with van der Waals surface area (Å²) < 4.78 is 49.7. The molecule has 2 fully saturated rings. The van der Waals surface area contributed by atoms with Gasteiger partial charge in [-0.1, -0.05) is 6.07 Å². The van der Waals surface area contributed by atoms with Gasteiger partial charge in [0, 0.05) is 31.0 Å². The summed E-state index contributed by atoms with van der Waals surface area (Å²) in [5.74, 6) is -1.41. The Balaban J connectivity index is 1.20. The van der Waals surface area contributed by atoms with Crippen molar-refractivity contribution >= 4 is 29.1 Å². The molecule has 4 aromatic rings. The van der Waals surface area contributed by atoms with Crippen LogP contribution < -0.4 is 10.2 Å². The van der Waals surface area contributed by atoms with Crippen LogP contribution in [0.4, 0.5) is 19.0 Å². The van der Waals surface area contributed by atoms with E-state index in [2.05, 4.69) is 20.3 Å². The van der Waals surface area contributed by atoms with Crippen molar-refractivity contribution < 1.29 is 27.8 Å². The molecule has 6 rings (SSSR count). The van der Waals surface area contributed by atoms with Crippen LogP contribution in [0.1, 0.15) is 34.1 Å². The van der Waals surface area contributed by atoms with Crippen LogP contribution in [0.25, 0.3) is 5.65 Å². The first-order valence-corrected chi connectivity index (χ1v) is 15.2. The first-order valence-electron chi connectivity index (χ1n) is 14.0. The fourth-order valence-electron chi connectivity index (χ4n) is 5.70. The lowest BCUT2D eigenvalue weighted by Gasteiger charge is -2.26. The number of imidazole rings is 1. The molecule has 9 nitrogen and oxygen atoms in total. The summed E-state index contributed by atoms with van der Waals surface area (Å²) in [7, 11) is 0. The zero-order chi connectivity index (χ0) is 30.1. The van der Waals surface area contributed by atoms with Crippen molar-refractivity contribution in [3.8, 4) is 5.75 Å². The molecule has 0 bridgehead atoms. The minimum Gasteiger partial charge on any atom is -0.505 e. The number of ether oxygens (including phenoxy) is 1. The van der Waals surface area contributed by atoms with Crippen LogP contribution in [0.15, 0.2) is 59.6 Å². The Morgan fingerprint density at radius 2 is 2.02 bits per heavy atom. The number of fused-ring (bicyclic) bond motifs is 1. The molecule has 226 valence electrons. The van der Waals surface area contributed by atoms with E-state index in [1.54, 1.807) is 23.1 Å². The van der Waals surface area contributed by atoms with Gasteiger partial charge < -0.3 is 20.1 Å². The SMILES string of the molecule is CSc1cc(F)cc([C@H]2C[C@H](F)CN2c2ccc3ncc(C(=O)N[C@H]4COCCN(Cc5ccc(F)c(O)c5)C4)n3n2)c1. The summed E-state index contributed by atoms with van der Waals surface area (Å²) in [4.78, 5) is 22.4. The topological polar surface area (TPSA) is 95.2 Å². The molecule has 2 aromatic heterocycles. The highest BCUT2D eigenvalue weighted by Gasteiger charge is 2.35. The first kappa shape index (κ1) is 29.3. The molecule has 3 atom stereocenters. The minimum absolute atomic E-state index is 0.0889. The third kappa shape index (κ3) is 6.43. The number of carbonyl (C=O) groups is 1. The number of thioether (sulfide) groups is 1. The molecular weight excluding hydrogens is 581 g/mol. The van der Waals surface area contributed by atoms with Crippen LogP contribution in [0.3, 0.4) is 0 Å². The number of aromatic nitrogens is 3. The Labute approximate surface area is 250 Å². The molecule has 2 aliphatic rings. The quantitative estimate of drug-likeness (QED) is 0.298. The molecule has 2 saturated heterocycles. The number of phenols is 1. The molecule has 2 N–H and O–H groups in total. The third-order valence-electron chi connectivity index (χ3n) is 7.74. The lowest BCUT2D eigenvalue weighted by Crippen LogP contribution is -2.44. The van der Waals surface area contributed by atoms with E-state index in [9.17, 15) is 23.1 Å². The standard InChI is InChI=1S/C30H31F3N6O3S/c1-43-23-10-19(9-20(31)11-23)25-12-21(32)15-38(25)29-5-4-28-34-13-26(39(28)36-29)30(41)35-22-16-37(6-7-42-17-22)14-18-2-3-24(33)27(40)8-18/h2-5,8-11,13,21-22,25,40H,6-7,12,14-17H2,1H3,(H,35,41)/t21-,22+,25+/m0/s1. The summed E-state index contributed by atoms with van der Waals surface area (Å²) in [5.41, 5.74) is 2.07. The summed E-state index contributed by atoms with van der Waals surface area (Å²) in [6.45, 7) is 2.35. The molecule has 13 heteroatoms. The Morgan fingerprint density at radius 3 is 2.84 bits per heavy atom. The number of carbonyl (C=O) groups excluding carboxylic acids is 1. The van der Waals surface area contributed by atoms with E-state index in [0.29, 0.717) is 49.9 Å². The lowest BCUT2D eigenvalue weighted by atomic mass is 10.0.